The summed E-state index contributed by atoms with van der Waals surface area (Å²) in [6, 6.07) is 7.64. The van der Waals surface area contributed by atoms with Crippen LogP contribution in [0.5, 0.6) is 0 Å². The Kier molecular flexibility index (Phi) is 5.35. The highest BCUT2D eigenvalue weighted by atomic mass is 32.1. The predicted molar refractivity (Wildman–Crippen MR) is 100 cm³/mol. The van der Waals surface area contributed by atoms with Gasteiger partial charge in [0.2, 0.25) is 4.80 Å². The molecule has 0 saturated carbocycles. The molecule has 2 aromatic heterocycles. The lowest BCUT2D eigenvalue weighted by molar-refractivity contribution is 0.508. The maximum Gasteiger partial charge on any atom is 0.206 e. The maximum atomic E-state index is 13.4. The number of aromatic nitrogens is 1. The van der Waals surface area contributed by atoms with E-state index in [2.05, 4.69) is 16.7 Å². The van der Waals surface area contributed by atoms with Gasteiger partial charge in [0.1, 0.15) is 0 Å². The average molecular weight is 375 g/mol. The van der Waals surface area contributed by atoms with Crippen molar-refractivity contribution >= 4 is 28.9 Å². The van der Waals surface area contributed by atoms with Crippen LogP contribution in [0.15, 0.2) is 63.3 Å². The fourth-order valence-corrected chi connectivity index (χ4v) is 3.66. The van der Waals surface area contributed by atoms with E-state index in [0.717, 1.165) is 28.3 Å². The molecule has 128 valence electrons. The van der Waals surface area contributed by atoms with E-state index in [1.807, 2.05) is 29.8 Å². The minimum atomic E-state index is -0.898. The highest BCUT2D eigenvalue weighted by molar-refractivity contribution is 7.14. The van der Waals surface area contributed by atoms with Crippen LogP contribution in [-0.4, -0.2) is 17.4 Å². The van der Waals surface area contributed by atoms with E-state index in [0.29, 0.717) is 16.9 Å². The van der Waals surface area contributed by atoms with E-state index in [4.69, 9.17) is 0 Å². The van der Waals surface area contributed by atoms with Crippen LogP contribution in [0.4, 0.5) is 8.78 Å². The summed E-state index contributed by atoms with van der Waals surface area (Å²) in [5.74, 6) is -1.78. The average Bonchev–Trinajstić information content (AvgIpc) is 3.23. The van der Waals surface area contributed by atoms with Crippen molar-refractivity contribution < 1.29 is 8.78 Å². The third kappa shape index (κ3) is 4.18. The topological polar surface area (TPSA) is 29.6 Å². The molecular weight excluding hydrogens is 360 g/mol. The Morgan fingerprint density at radius 3 is 2.76 bits per heavy atom. The van der Waals surface area contributed by atoms with Crippen LogP contribution in [0.2, 0.25) is 0 Å². The molecule has 0 aliphatic heterocycles. The van der Waals surface area contributed by atoms with Gasteiger partial charge in [0.05, 0.1) is 23.3 Å². The summed E-state index contributed by atoms with van der Waals surface area (Å²) in [5.41, 5.74) is 2.32. The second-order valence-electron chi connectivity index (χ2n) is 5.38. The summed E-state index contributed by atoms with van der Waals surface area (Å²) in [6.45, 7) is 6.27. The Hall–Kier alpha value is -2.38. The van der Waals surface area contributed by atoms with Crippen molar-refractivity contribution in [2.75, 3.05) is 6.54 Å². The Balaban J connectivity index is 2.04. The van der Waals surface area contributed by atoms with Gasteiger partial charge in [-0.25, -0.2) is 13.5 Å². The second kappa shape index (κ2) is 7.67. The van der Waals surface area contributed by atoms with Crippen molar-refractivity contribution in [3.8, 4) is 10.6 Å². The molecule has 0 aliphatic carbocycles. The quantitative estimate of drug-likeness (QED) is 0.448. The van der Waals surface area contributed by atoms with Crippen molar-refractivity contribution in [2.24, 2.45) is 10.1 Å². The fourth-order valence-electron chi connectivity index (χ4n) is 2.03. The maximum absolute atomic E-state index is 13.4. The van der Waals surface area contributed by atoms with Crippen LogP contribution in [0.3, 0.4) is 0 Å². The Labute approximate surface area is 151 Å². The van der Waals surface area contributed by atoms with E-state index in [9.17, 15) is 8.78 Å². The zero-order valence-electron chi connectivity index (χ0n) is 13.4. The number of nitrogens with zero attached hydrogens (tertiary/aromatic N) is 3. The molecule has 7 heteroatoms. The molecule has 0 saturated heterocycles. The molecule has 0 amide bonds. The number of benzene rings is 1. The standard InChI is InChI=1S/C18H15F2N3S2/c1-12(2)9-21-18-23(16(11-25-18)17-4-3-7-24-17)22-10-13-5-6-14(19)15(20)8-13/h3-8,10-11H,1,9H2,2H3. The van der Waals surface area contributed by atoms with Crippen LogP contribution in [-0.2, 0) is 0 Å². The number of hydrogen-bond donors (Lipinski definition) is 0. The first-order valence-electron chi connectivity index (χ1n) is 7.43. The van der Waals surface area contributed by atoms with Crippen LogP contribution in [0.25, 0.3) is 10.6 Å². The Morgan fingerprint density at radius 2 is 2.08 bits per heavy atom. The molecule has 0 N–H and O–H groups in total. The lowest BCUT2D eigenvalue weighted by Gasteiger charge is -2.01. The third-order valence-electron chi connectivity index (χ3n) is 3.21. The molecule has 25 heavy (non-hydrogen) atoms. The molecule has 0 bridgehead atoms. The zero-order valence-corrected chi connectivity index (χ0v) is 15.1. The smallest absolute Gasteiger partial charge is 0.206 e. The number of thiophene rings is 1. The van der Waals surface area contributed by atoms with Gasteiger partial charge in [-0.05, 0) is 36.1 Å². The summed E-state index contributed by atoms with van der Waals surface area (Å²) in [7, 11) is 0. The second-order valence-corrected chi connectivity index (χ2v) is 7.17. The van der Waals surface area contributed by atoms with Gasteiger partial charge in [0.15, 0.2) is 11.6 Å². The molecule has 3 aromatic rings. The van der Waals surface area contributed by atoms with Crippen LogP contribution in [0.1, 0.15) is 12.5 Å². The lowest BCUT2D eigenvalue weighted by atomic mass is 10.2. The van der Waals surface area contributed by atoms with E-state index >= 15 is 0 Å². The van der Waals surface area contributed by atoms with Crippen LogP contribution < -0.4 is 4.80 Å². The number of rotatable bonds is 5. The van der Waals surface area contributed by atoms with Gasteiger partial charge in [-0.3, -0.25) is 4.99 Å². The van der Waals surface area contributed by atoms with Crippen molar-refractivity contribution in [3.63, 3.8) is 0 Å². The fraction of sp³-hybridized carbons (Fsp3) is 0.111. The Bertz CT molecular complexity index is 982. The van der Waals surface area contributed by atoms with Gasteiger partial charge < -0.3 is 0 Å². The SMILES string of the molecule is C=C(C)CN=c1scc(-c2cccs2)n1N=Cc1ccc(F)c(F)c1. The van der Waals surface area contributed by atoms with Crippen molar-refractivity contribution in [1.82, 2.24) is 4.68 Å². The van der Waals surface area contributed by atoms with Gasteiger partial charge in [-0.2, -0.15) is 5.10 Å². The summed E-state index contributed by atoms with van der Waals surface area (Å²) < 4.78 is 28.1. The molecule has 0 aliphatic rings. The molecule has 0 radical (unpaired) electrons. The largest absolute Gasteiger partial charge is 0.253 e. The summed E-state index contributed by atoms with van der Waals surface area (Å²) >= 11 is 3.07. The number of thiazole rings is 1. The zero-order chi connectivity index (χ0) is 17.8. The molecule has 0 spiro atoms. The first kappa shape index (κ1) is 17.4. The first-order valence-corrected chi connectivity index (χ1v) is 9.19. The molecule has 3 rings (SSSR count). The minimum absolute atomic E-state index is 0.473. The highest BCUT2D eigenvalue weighted by Gasteiger charge is 2.08. The minimum Gasteiger partial charge on any atom is -0.253 e. The summed E-state index contributed by atoms with van der Waals surface area (Å²) in [6.07, 6.45) is 1.49. The molecule has 1 aromatic carbocycles. The Morgan fingerprint density at radius 1 is 1.24 bits per heavy atom. The molecule has 0 atom stereocenters. The lowest BCUT2D eigenvalue weighted by Crippen LogP contribution is -2.12. The first-order chi connectivity index (χ1) is 12.0. The van der Waals surface area contributed by atoms with E-state index in [1.165, 1.54) is 23.6 Å². The molecule has 0 unspecified atom stereocenters. The van der Waals surface area contributed by atoms with Crippen molar-refractivity contribution in [2.45, 2.75) is 6.92 Å². The van der Waals surface area contributed by atoms with E-state index in [1.54, 1.807) is 16.0 Å². The van der Waals surface area contributed by atoms with Crippen LogP contribution >= 0.6 is 22.7 Å². The van der Waals surface area contributed by atoms with Gasteiger partial charge in [-0.1, -0.05) is 24.3 Å². The monoisotopic (exact) mass is 375 g/mol. The van der Waals surface area contributed by atoms with Crippen LogP contribution in [0, 0.1) is 11.6 Å². The van der Waals surface area contributed by atoms with E-state index < -0.39 is 11.6 Å². The molecular formula is C18H15F2N3S2. The van der Waals surface area contributed by atoms with Crippen molar-refractivity contribution in [1.29, 1.82) is 0 Å². The number of halogens is 2. The highest BCUT2D eigenvalue weighted by Crippen LogP contribution is 2.25. The van der Waals surface area contributed by atoms with Gasteiger partial charge >= 0.3 is 0 Å². The molecule has 0 fully saturated rings. The summed E-state index contributed by atoms with van der Waals surface area (Å²) in [5, 5.41) is 8.40. The van der Waals surface area contributed by atoms with Crippen molar-refractivity contribution in [3.05, 3.63) is 75.2 Å². The van der Waals surface area contributed by atoms with Gasteiger partial charge in [0, 0.05) is 5.38 Å². The predicted octanol–water partition coefficient (Wildman–Crippen LogP) is 4.92. The van der Waals surface area contributed by atoms with E-state index in [-0.39, 0.29) is 0 Å². The third-order valence-corrected chi connectivity index (χ3v) is 4.96. The summed E-state index contributed by atoms with van der Waals surface area (Å²) in [4.78, 5) is 6.28. The molecule has 2 heterocycles. The van der Waals surface area contributed by atoms with Gasteiger partial charge in [0.25, 0.3) is 0 Å². The number of hydrogen-bond acceptors (Lipinski definition) is 4. The van der Waals surface area contributed by atoms with Gasteiger partial charge in [-0.15, -0.1) is 22.7 Å². The molecule has 3 nitrogen and oxygen atoms in total. The normalized spacial score (nSPS) is 12.2.